The molecule has 162 valence electrons. The van der Waals surface area contributed by atoms with E-state index in [0.29, 0.717) is 34.0 Å². The van der Waals surface area contributed by atoms with E-state index in [-0.39, 0.29) is 24.8 Å². The zero-order valence-corrected chi connectivity index (χ0v) is 18.3. The second-order valence-electron chi connectivity index (χ2n) is 7.08. The molecule has 2 N–H and O–H groups in total. The summed E-state index contributed by atoms with van der Waals surface area (Å²) in [6.45, 7) is 7.19. The standard InChI is InChI=1S/C22H29N3O5/c1-7-30-22(28)19-13(2)20(23-14(19)3)21(27)15(4)25(5)12-18(26)24-16-8-10-17(29-6)11-9-16/h8-11,15,23H,7,12H2,1-6H3,(H,24,26)/t15-/m0/s1. The van der Waals surface area contributed by atoms with Crippen LogP contribution in [0.15, 0.2) is 24.3 Å². The molecule has 0 aliphatic rings. The summed E-state index contributed by atoms with van der Waals surface area (Å²) in [7, 11) is 3.28. The summed E-state index contributed by atoms with van der Waals surface area (Å²) in [4.78, 5) is 42.2. The second kappa shape index (κ2) is 10.1. The lowest BCUT2D eigenvalue weighted by Crippen LogP contribution is -2.41. The maximum Gasteiger partial charge on any atom is 0.340 e. The molecular weight excluding hydrogens is 386 g/mol. The van der Waals surface area contributed by atoms with Gasteiger partial charge in [-0.25, -0.2) is 4.79 Å². The summed E-state index contributed by atoms with van der Waals surface area (Å²) in [6.07, 6.45) is 0. The van der Waals surface area contributed by atoms with Crippen LogP contribution in [0.25, 0.3) is 0 Å². The van der Waals surface area contributed by atoms with Gasteiger partial charge in [0.05, 0.1) is 37.6 Å². The third-order valence-corrected chi connectivity index (χ3v) is 4.97. The number of methoxy groups -OCH3 is 1. The third-order valence-electron chi connectivity index (χ3n) is 4.97. The van der Waals surface area contributed by atoms with Gasteiger partial charge >= 0.3 is 5.97 Å². The van der Waals surface area contributed by atoms with E-state index in [4.69, 9.17) is 9.47 Å². The molecule has 0 aliphatic carbocycles. The number of ether oxygens (including phenoxy) is 2. The van der Waals surface area contributed by atoms with Crippen LogP contribution < -0.4 is 10.1 Å². The van der Waals surface area contributed by atoms with Crippen molar-refractivity contribution in [3.05, 3.63) is 46.8 Å². The number of aromatic amines is 1. The molecular formula is C22H29N3O5. The van der Waals surface area contributed by atoms with E-state index in [2.05, 4.69) is 10.3 Å². The SMILES string of the molecule is CCOC(=O)c1c(C)[nH]c(C(=O)[C@H](C)N(C)CC(=O)Nc2ccc(OC)cc2)c1C. The first-order valence-electron chi connectivity index (χ1n) is 9.74. The zero-order valence-electron chi connectivity index (χ0n) is 18.3. The molecule has 0 aliphatic heterocycles. The Balaban J connectivity index is 2.05. The van der Waals surface area contributed by atoms with E-state index >= 15 is 0 Å². The lowest BCUT2D eigenvalue weighted by atomic mass is 10.0. The molecule has 30 heavy (non-hydrogen) atoms. The van der Waals surface area contributed by atoms with Crippen LogP contribution in [0.5, 0.6) is 5.75 Å². The van der Waals surface area contributed by atoms with E-state index in [1.54, 1.807) is 71.0 Å². The molecule has 0 spiro atoms. The number of Topliss-reactive ketones (excluding diaryl/α,β-unsaturated/α-hetero) is 1. The van der Waals surface area contributed by atoms with Crippen molar-refractivity contribution in [3.8, 4) is 5.75 Å². The fourth-order valence-electron chi connectivity index (χ4n) is 3.15. The first kappa shape index (κ1) is 23.2. The molecule has 0 saturated heterocycles. The number of H-pyrrole nitrogens is 1. The largest absolute Gasteiger partial charge is 0.497 e. The number of esters is 1. The van der Waals surface area contributed by atoms with Gasteiger partial charge in [0.25, 0.3) is 0 Å². The quantitative estimate of drug-likeness (QED) is 0.482. The van der Waals surface area contributed by atoms with E-state index in [1.807, 2.05) is 0 Å². The van der Waals surface area contributed by atoms with Crippen LogP contribution in [0.1, 0.15) is 46.0 Å². The van der Waals surface area contributed by atoms with Crippen molar-refractivity contribution in [1.82, 2.24) is 9.88 Å². The van der Waals surface area contributed by atoms with Gasteiger partial charge in [-0.1, -0.05) is 0 Å². The summed E-state index contributed by atoms with van der Waals surface area (Å²) >= 11 is 0. The molecule has 1 aromatic heterocycles. The Morgan fingerprint density at radius 1 is 1.17 bits per heavy atom. The highest BCUT2D eigenvalue weighted by Gasteiger charge is 2.28. The molecule has 1 heterocycles. The third kappa shape index (κ3) is 5.27. The Hall–Kier alpha value is -3.13. The van der Waals surface area contributed by atoms with Crippen LogP contribution in [-0.4, -0.2) is 60.9 Å². The Morgan fingerprint density at radius 3 is 2.37 bits per heavy atom. The Morgan fingerprint density at radius 2 is 1.80 bits per heavy atom. The Bertz CT molecular complexity index is 918. The van der Waals surface area contributed by atoms with Gasteiger partial charge in [-0.05, 0) is 64.6 Å². The number of rotatable bonds is 9. The van der Waals surface area contributed by atoms with Gasteiger partial charge in [0.15, 0.2) is 5.78 Å². The van der Waals surface area contributed by atoms with E-state index in [9.17, 15) is 14.4 Å². The zero-order chi connectivity index (χ0) is 22.4. The van der Waals surface area contributed by atoms with Gasteiger partial charge in [-0.2, -0.15) is 0 Å². The van der Waals surface area contributed by atoms with Gasteiger partial charge in [-0.15, -0.1) is 0 Å². The van der Waals surface area contributed by atoms with Crippen LogP contribution in [0.2, 0.25) is 0 Å². The lowest BCUT2D eigenvalue weighted by molar-refractivity contribution is -0.117. The number of benzene rings is 1. The molecule has 1 aromatic carbocycles. The summed E-state index contributed by atoms with van der Waals surface area (Å²) in [6, 6.07) is 6.42. The van der Waals surface area contributed by atoms with Crippen molar-refractivity contribution in [2.24, 2.45) is 0 Å². The summed E-state index contributed by atoms with van der Waals surface area (Å²) in [5, 5.41) is 2.79. The van der Waals surface area contributed by atoms with Gasteiger partial charge in [-0.3, -0.25) is 14.5 Å². The minimum Gasteiger partial charge on any atom is -0.497 e. The van der Waals surface area contributed by atoms with Crippen LogP contribution >= 0.6 is 0 Å². The fraction of sp³-hybridized carbons (Fsp3) is 0.409. The van der Waals surface area contributed by atoms with Gasteiger partial charge in [0.1, 0.15) is 5.75 Å². The number of amides is 1. The molecule has 2 aromatic rings. The Labute approximate surface area is 176 Å². The smallest absolute Gasteiger partial charge is 0.340 e. The summed E-state index contributed by atoms with van der Waals surface area (Å²) in [5.41, 5.74) is 2.51. The predicted octanol–water partition coefficient (Wildman–Crippen LogP) is 2.96. The van der Waals surface area contributed by atoms with Crippen molar-refractivity contribution in [2.75, 3.05) is 32.6 Å². The number of hydrogen-bond acceptors (Lipinski definition) is 6. The van der Waals surface area contributed by atoms with Crippen molar-refractivity contribution in [1.29, 1.82) is 0 Å². The number of carbonyl (C=O) groups excluding carboxylic acids is 3. The van der Waals surface area contributed by atoms with Crippen molar-refractivity contribution in [3.63, 3.8) is 0 Å². The number of likely N-dealkylation sites (N-methyl/N-ethyl adjacent to an activating group) is 1. The number of anilines is 1. The molecule has 2 rings (SSSR count). The van der Waals surface area contributed by atoms with Crippen LogP contribution in [0.3, 0.4) is 0 Å². The number of ketones is 1. The maximum atomic E-state index is 13.0. The predicted molar refractivity (Wildman–Crippen MR) is 114 cm³/mol. The normalized spacial score (nSPS) is 11.8. The molecule has 1 atom stereocenters. The fourth-order valence-corrected chi connectivity index (χ4v) is 3.15. The molecule has 8 heteroatoms. The van der Waals surface area contributed by atoms with E-state index in [1.165, 1.54) is 0 Å². The number of aryl methyl sites for hydroxylation is 1. The van der Waals surface area contributed by atoms with Crippen LogP contribution in [-0.2, 0) is 9.53 Å². The monoisotopic (exact) mass is 415 g/mol. The van der Waals surface area contributed by atoms with Crippen molar-refractivity contribution < 1.29 is 23.9 Å². The number of hydrogen-bond donors (Lipinski definition) is 2. The van der Waals surface area contributed by atoms with E-state index < -0.39 is 12.0 Å². The number of nitrogens with zero attached hydrogens (tertiary/aromatic N) is 1. The maximum absolute atomic E-state index is 13.0. The summed E-state index contributed by atoms with van der Waals surface area (Å²) < 4.78 is 10.2. The topological polar surface area (TPSA) is 101 Å². The highest BCUT2D eigenvalue weighted by Crippen LogP contribution is 2.21. The molecule has 1 amide bonds. The molecule has 0 unspecified atom stereocenters. The van der Waals surface area contributed by atoms with E-state index in [0.717, 1.165) is 0 Å². The molecule has 0 bridgehead atoms. The van der Waals surface area contributed by atoms with Crippen molar-refractivity contribution >= 4 is 23.3 Å². The van der Waals surface area contributed by atoms with Crippen LogP contribution in [0, 0.1) is 13.8 Å². The van der Waals surface area contributed by atoms with Gasteiger partial charge in [0, 0.05) is 11.4 Å². The molecule has 0 radical (unpaired) electrons. The van der Waals surface area contributed by atoms with Gasteiger partial charge in [0.2, 0.25) is 5.91 Å². The number of aromatic nitrogens is 1. The minimum atomic E-state index is -0.571. The average Bonchev–Trinajstić information content (AvgIpc) is 3.01. The highest BCUT2D eigenvalue weighted by molar-refractivity contribution is 6.04. The Kier molecular flexibility index (Phi) is 7.77. The van der Waals surface area contributed by atoms with Gasteiger partial charge < -0.3 is 19.8 Å². The highest BCUT2D eigenvalue weighted by atomic mass is 16.5. The first-order valence-corrected chi connectivity index (χ1v) is 9.74. The molecule has 0 fully saturated rings. The molecule has 8 nitrogen and oxygen atoms in total. The van der Waals surface area contributed by atoms with Crippen LogP contribution in [0.4, 0.5) is 5.69 Å². The molecule has 0 saturated carbocycles. The number of carbonyl (C=O) groups is 3. The minimum absolute atomic E-state index is 0.0302. The number of nitrogens with one attached hydrogen (secondary N) is 2. The van der Waals surface area contributed by atoms with Crippen molar-refractivity contribution in [2.45, 2.75) is 33.7 Å². The second-order valence-corrected chi connectivity index (χ2v) is 7.08. The lowest BCUT2D eigenvalue weighted by Gasteiger charge is -2.23. The average molecular weight is 415 g/mol. The first-order chi connectivity index (χ1) is 14.2. The summed E-state index contributed by atoms with van der Waals surface area (Å²) in [5.74, 6) is -0.203.